The normalized spacial score (nSPS) is 24.2. The average Bonchev–Trinajstić information content (AvgIpc) is 3.38. The second-order valence-electron chi connectivity index (χ2n) is 7.18. The second kappa shape index (κ2) is 6.16. The SMILES string of the molecule is Cc1noc2nc(C3CC3)cc(C(=O)NC3CCCCC3CN)c12. The van der Waals surface area contributed by atoms with Crippen LogP contribution < -0.4 is 11.1 Å². The first-order chi connectivity index (χ1) is 11.7. The molecule has 0 saturated heterocycles. The first-order valence-corrected chi connectivity index (χ1v) is 8.95. The van der Waals surface area contributed by atoms with E-state index in [1.807, 2.05) is 13.0 Å². The number of nitrogens with two attached hydrogens (primary N) is 1. The van der Waals surface area contributed by atoms with E-state index in [1.165, 1.54) is 6.42 Å². The number of rotatable bonds is 4. The number of fused-ring (bicyclic) bond motifs is 1. The topological polar surface area (TPSA) is 94.0 Å². The summed E-state index contributed by atoms with van der Waals surface area (Å²) in [5, 5.41) is 7.95. The highest BCUT2D eigenvalue weighted by Gasteiger charge is 2.30. The van der Waals surface area contributed by atoms with E-state index in [9.17, 15) is 4.79 Å². The van der Waals surface area contributed by atoms with Crippen LogP contribution in [0.1, 0.15) is 66.2 Å². The third kappa shape index (κ3) is 2.79. The summed E-state index contributed by atoms with van der Waals surface area (Å²) in [4.78, 5) is 17.5. The molecule has 0 radical (unpaired) electrons. The number of carbonyl (C=O) groups is 1. The number of nitrogens with zero attached hydrogens (tertiary/aromatic N) is 2. The Kier molecular flexibility index (Phi) is 4.00. The van der Waals surface area contributed by atoms with Crippen LogP contribution in [0.2, 0.25) is 0 Å². The molecule has 2 heterocycles. The molecule has 4 rings (SSSR count). The molecule has 6 heteroatoms. The summed E-state index contributed by atoms with van der Waals surface area (Å²) in [5.74, 6) is 0.769. The summed E-state index contributed by atoms with van der Waals surface area (Å²) in [7, 11) is 0. The smallest absolute Gasteiger partial charge is 0.259 e. The molecule has 0 aliphatic heterocycles. The van der Waals surface area contributed by atoms with Gasteiger partial charge in [-0.3, -0.25) is 4.79 Å². The van der Waals surface area contributed by atoms with E-state index in [1.54, 1.807) is 0 Å². The minimum Gasteiger partial charge on any atom is -0.349 e. The number of amides is 1. The van der Waals surface area contributed by atoms with Crippen molar-refractivity contribution in [2.24, 2.45) is 11.7 Å². The van der Waals surface area contributed by atoms with Gasteiger partial charge in [0.1, 0.15) is 0 Å². The van der Waals surface area contributed by atoms with Gasteiger partial charge < -0.3 is 15.6 Å². The molecule has 2 atom stereocenters. The lowest BCUT2D eigenvalue weighted by molar-refractivity contribution is 0.0909. The molecule has 2 aliphatic rings. The van der Waals surface area contributed by atoms with Crippen LogP contribution in [0.3, 0.4) is 0 Å². The van der Waals surface area contributed by atoms with E-state index in [2.05, 4.69) is 15.5 Å². The lowest BCUT2D eigenvalue weighted by Crippen LogP contribution is -2.44. The minimum absolute atomic E-state index is 0.0547. The van der Waals surface area contributed by atoms with Crippen molar-refractivity contribution in [3.8, 4) is 0 Å². The van der Waals surface area contributed by atoms with E-state index < -0.39 is 0 Å². The fourth-order valence-electron chi connectivity index (χ4n) is 3.81. The van der Waals surface area contributed by atoms with Crippen LogP contribution >= 0.6 is 0 Å². The zero-order valence-electron chi connectivity index (χ0n) is 14.0. The Labute approximate surface area is 141 Å². The molecule has 2 aromatic rings. The Morgan fingerprint density at radius 1 is 1.33 bits per heavy atom. The van der Waals surface area contributed by atoms with Gasteiger partial charge in [0, 0.05) is 17.7 Å². The van der Waals surface area contributed by atoms with E-state index >= 15 is 0 Å². The first-order valence-electron chi connectivity index (χ1n) is 8.95. The highest BCUT2D eigenvalue weighted by Crippen LogP contribution is 2.40. The van der Waals surface area contributed by atoms with Crippen LogP contribution in [0.5, 0.6) is 0 Å². The Balaban J connectivity index is 1.66. The maximum atomic E-state index is 13.0. The zero-order valence-corrected chi connectivity index (χ0v) is 14.0. The molecule has 0 bridgehead atoms. The number of aromatic nitrogens is 2. The molecule has 2 saturated carbocycles. The third-order valence-corrected chi connectivity index (χ3v) is 5.41. The van der Waals surface area contributed by atoms with Gasteiger partial charge in [0.25, 0.3) is 11.6 Å². The van der Waals surface area contributed by atoms with E-state index in [0.29, 0.717) is 35.4 Å². The predicted octanol–water partition coefficient (Wildman–Crippen LogP) is 2.66. The molecule has 0 spiro atoms. The molecule has 6 nitrogen and oxygen atoms in total. The lowest BCUT2D eigenvalue weighted by atomic mass is 9.84. The van der Waals surface area contributed by atoms with Gasteiger partial charge in [-0.15, -0.1) is 0 Å². The summed E-state index contributed by atoms with van der Waals surface area (Å²) in [6, 6.07) is 2.09. The monoisotopic (exact) mass is 328 g/mol. The number of carbonyl (C=O) groups excluding carboxylic acids is 1. The van der Waals surface area contributed by atoms with Gasteiger partial charge in [-0.2, -0.15) is 0 Å². The van der Waals surface area contributed by atoms with Crippen molar-refractivity contribution in [3.05, 3.63) is 23.0 Å². The van der Waals surface area contributed by atoms with E-state index in [0.717, 1.165) is 43.2 Å². The van der Waals surface area contributed by atoms with Crippen LogP contribution in [0, 0.1) is 12.8 Å². The number of aryl methyl sites for hydroxylation is 1. The van der Waals surface area contributed by atoms with Gasteiger partial charge in [-0.1, -0.05) is 18.0 Å². The Hall–Kier alpha value is -1.95. The fourth-order valence-corrected chi connectivity index (χ4v) is 3.81. The molecule has 2 aromatic heterocycles. The summed E-state index contributed by atoms with van der Waals surface area (Å²) < 4.78 is 5.33. The largest absolute Gasteiger partial charge is 0.349 e. The number of hydrogen-bond acceptors (Lipinski definition) is 5. The molecular formula is C18H24N4O2. The number of nitrogens with one attached hydrogen (secondary N) is 1. The van der Waals surface area contributed by atoms with Crippen LogP contribution in [0.4, 0.5) is 0 Å². The lowest BCUT2D eigenvalue weighted by Gasteiger charge is -2.31. The fraction of sp³-hybridized carbons (Fsp3) is 0.611. The number of hydrogen-bond donors (Lipinski definition) is 2. The van der Waals surface area contributed by atoms with Crippen molar-refractivity contribution >= 4 is 17.0 Å². The van der Waals surface area contributed by atoms with Gasteiger partial charge in [-0.05, 0) is 51.1 Å². The first kappa shape index (κ1) is 15.6. The zero-order chi connectivity index (χ0) is 16.7. The van der Waals surface area contributed by atoms with Crippen molar-refractivity contribution in [1.82, 2.24) is 15.5 Å². The molecule has 1 amide bonds. The quantitative estimate of drug-likeness (QED) is 0.900. The average molecular weight is 328 g/mol. The van der Waals surface area contributed by atoms with Crippen molar-refractivity contribution in [1.29, 1.82) is 0 Å². The van der Waals surface area contributed by atoms with Crippen LogP contribution in [0.25, 0.3) is 11.1 Å². The van der Waals surface area contributed by atoms with E-state index in [4.69, 9.17) is 10.3 Å². The Morgan fingerprint density at radius 3 is 2.88 bits per heavy atom. The summed E-state index contributed by atoms with van der Waals surface area (Å²) in [5.41, 5.74) is 8.67. The maximum Gasteiger partial charge on any atom is 0.259 e. The molecule has 24 heavy (non-hydrogen) atoms. The van der Waals surface area contributed by atoms with Gasteiger partial charge in [0.15, 0.2) is 0 Å². The molecule has 2 fully saturated rings. The summed E-state index contributed by atoms with van der Waals surface area (Å²) >= 11 is 0. The second-order valence-corrected chi connectivity index (χ2v) is 7.18. The molecule has 2 aliphatic carbocycles. The third-order valence-electron chi connectivity index (χ3n) is 5.41. The Morgan fingerprint density at radius 2 is 2.12 bits per heavy atom. The van der Waals surface area contributed by atoms with E-state index in [-0.39, 0.29) is 11.9 Å². The molecule has 128 valence electrons. The predicted molar refractivity (Wildman–Crippen MR) is 90.8 cm³/mol. The summed E-state index contributed by atoms with van der Waals surface area (Å²) in [6.07, 6.45) is 6.69. The number of pyridine rings is 1. The van der Waals surface area contributed by atoms with Crippen LogP contribution in [-0.4, -0.2) is 28.6 Å². The molecule has 3 N–H and O–H groups in total. The van der Waals surface area contributed by atoms with Crippen molar-refractivity contribution in [2.45, 2.75) is 57.4 Å². The van der Waals surface area contributed by atoms with Gasteiger partial charge in [0.2, 0.25) is 0 Å². The van der Waals surface area contributed by atoms with Gasteiger partial charge in [-0.25, -0.2) is 4.98 Å². The maximum absolute atomic E-state index is 13.0. The van der Waals surface area contributed by atoms with Gasteiger partial charge in [0.05, 0.1) is 16.6 Å². The van der Waals surface area contributed by atoms with Crippen molar-refractivity contribution in [2.75, 3.05) is 6.54 Å². The molecule has 2 unspecified atom stereocenters. The Bertz CT molecular complexity index is 766. The minimum atomic E-state index is -0.0547. The standard InChI is InChI=1S/C18H24N4O2/c1-10-16-13(8-15(11-6-7-11)21-18(16)24-22-10)17(23)20-14-5-3-2-4-12(14)9-19/h8,11-12,14H,2-7,9,19H2,1H3,(H,20,23). The molecular weight excluding hydrogens is 304 g/mol. The van der Waals surface area contributed by atoms with Crippen LogP contribution in [-0.2, 0) is 0 Å². The summed E-state index contributed by atoms with van der Waals surface area (Å²) in [6.45, 7) is 2.47. The van der Waals surface area contributed by atoms with Crippen molar-refractivity contribution in [3.63, 3.8) is 0 Å². The van der Waals surface area contributed by atoms with Crippen molar-refractivity contribution < 1.29 is 9.32 Å². The molecule has 0 aromatic carbocycles. The highest BCUT2D eigenvalue weighted by atomic mass is 16.5. The highest BCUT2D eigenvalue weighted by molar-refractivity contribution is 6.06. The van der Waals surface area contributed by atoms with Gasteiger partial charge >= 0.3 is 0 Å². The van der Waals surface area contributed by atoms with Crippen LogP contribution in [0.15, 0.2) is 10.6 Å².